The minimum absolute atomic E-state index is 0.0440. The summed E-state index contributed by atoms with van der Waals surface area (Å²) in [4.78, 5) is 75.6. The quantitative estimate of drug-likeness (QED) is 0.0205. The molecule has 7 N–H and O–H groups in total. The second-order valence-corrected chi connectivity index (χ2v) is 18.7. The number of aromatic hydroxyl groups is 1. The van der Waals surface area contributed by atoms with Gasteiger partial charge in [0.2, 0.25) is 0 Å². The molecule has 0 aliphatic rings. The molecule has 0 amide bonds. The molecule has 340 valence electrons. The van der Waals surface area contributed by atoms with Crippen LogP contribution >= 0.6 is 103 Å². The van der Waals surface area contributed by atoms with Crippen LogP contribution in [0.3, 0.4) is 0 Å². The predicted molar refractivity (Wildman–Crippen MR) is 268 cm³/mol. The van der Waals surface area contributed by atoms with Crippen molar-refractivity contribution in [2.24, 2.45) is 0 Å². The number of carboxylic acids is 4. The third kappa shape index (κ3) is 15.2. The summed E-state index contributed by atoms with van der Waals surface area (Å²) in [5.74, 6) is -5.72. The first-order valence-electron chi connectivity index (χ1n) is 18.3. The van der Waals surface area contributed by atoms with E-state index in [0.29, 0.717) is 29.9 Å². The summed E-state index contributed by atoms with van der Waals surface area (Å²) in [6.45, 7) is -3.27. The molecule has 0 heterocycles. The third-order valence-corrected chi connectivity index (χ3v) is 12.4. The number of esters is 1. The zero-order valence-corrected chi connectivity index (χ0v) is 43.0. The van der Waals surface area contributed by atoms with E-state index in [4.69, 9.17) is 26.4 Å². The number of aliphatic carboxylic acids is 4. The molecule has 0 spiro atoms. The summed E-state index contributed by atoms with van der Waals surface area (Å²) in [6.07, 6.45) is 0. The summed E-state index contributed by atoms with van der Waals surface area (Å²) >= 11 is 13.8. The van der Waals surface area contributed by atoms with Crippen molar-refractivity contribution in [3.8, 4) is 23.0 Å². The Morgan fingerprint density at radius 1 is 0.672 bits per heavy atom. The number of thiocarbonyl (C=S) groups is 1. The average molecular weight is 1350 g/mol. The van der Waals surface area contributed by atoms with E-state index in [9.17, 15) is 54.3 Å². The first-order chi connectivity index (χ1) is 30.2. The number of rotatable bonds is 22. The van der Waals surface area contributed by atoms with Crippen molar-refractivity contribution >= 4 is 149 Å². The summed E-state index contributed by atoms with van der Waals surface area (Å²) in [5.41, 5.74) is 1.73. The summed E-state index contributed by atoms with van der Waals surface area (Å²) < 4.78 is 19.6. The number of anilines is 1. The van der Waals surface area contributed by atoms with Gasteiger partial charge in [-0.15, -0.1) is 0 Å². The monoisotopic (exact) mass is 1350 g/mol. The number of ketones is 1. The minimum atomic E-state index is -1.31. The van der Waals surface area contributed by atoms with Gasteiger partial charge in [0, 0.05) is 47.6 Å². The molecular formula is C41H38I4N4O14S. The summed E-state index contributed by atoms with van der Waals surface area (Å²) in [6, 6.07) is 16.0. The second kappa shape index (κ2) is 24.4. The Hall–Kier alpha value is -4.17. The molecule has 1 atom stereocenters. The van der Waals surface area contributed by atoms with Crippen LogP contribution in [0.5, 0.6) is 23.0 Å². The Balaban J connectivity index is 1.55. The number of methoxy groups -OCH3 is 2. The van der Waals surface area contributed by atoms with Gasteiger partial charge in [0.05, 0.1) is 60.6 Å². The highest BCUT2D eigenvalue weighted by Gasteiger charge is 2.26. The van der Waals surface area contributed by atoms with Crippen LogP contribution < -0.4 is 20.1 Å². The van der Waals surface area contributed by atoms with E-state index in [1.54, 1.807) is 24.3 Å². The van der Waals surface area contributed by atoms with Crippen molar-refractivity contribution < 1.29 is 68.5 Å². The Morgan fingerprint density at radius 3 is 1.56 bits per heavy atom. The average Bonchev–Trinajstić information content (AvgIpc) is 3.20. The Kier molecular flexibility index (Phi) is 20.0. The molecule has 0 fully saturated rings. The van der Waals surface area contributed by atoms with Gasteiger partial charge in [-0.3, -0.25) is 38.6 Å². The molecule has 18 nitrogen and oxygen atoms in total. The topological polar surface area (TPSA) is 262 Å². The van der Waals surface area contributed by atoms with Crippen LogP contribution in [0.25, 0.3) is 0 Å². The Morgan fingerprint density at radius 2 is 1.14 bits per heavy atom. The lowest BCUT2D eigenvalue weighted by atomic mass is 9.96. The van der Waals surface area contributed by atoms with E-state index in [1.165, 1.54) is 38.5 Å². The number of carbonyl (C=O) groups excluding carboxylic acids is 2. The van der Waals surface area contributed by atoms with Crippen LogP contribution in [0.2, 0.25) is 0 Å². The van der Waals surface area contributed by atoms with Gasteiger partial charge in [0.1, 0.15) is 17.2 Å². The van der Waals surface area contributed by atoms with Crippen molar-refractivity contribution in [1.29, 1.82) is 0 Å². The molecule has 0 saturated carbocycles. The Labute approximate surface area is 425 Å². The number of ether oxygens (including phenoxy) is 3. The molecule has 0 saturated heterocycles. The van der Waals surface area contributed by atoms with Gasteiger partial charge < -0.3 is 50.4 Å². The number of phenols is 1. The number of hydrogen-bond acceptors (Lipinski definition) is 13. The normalized spacial score (nSPS) is 11.4. The molecule has 0 aliphatic carbocycles. The molecule has 4 rings (SSSR count). The van der Waals surface area contributed by atoms with E-state index >= 15 is 0 Å². The molecule has 0 radical (unpaired) electrons. The van der Waals surface area contributed by atoms with E-state index < -0.39 is 67.7 Å². The molecule has 23 heteroatoms. The van der Waals surface area contributed by atoms with Crippen LogP contribution in [0.15, 0.2) is 60.7 Å². The highest BCUT2D eigenvalue weighted by molar-refractivity contribution is 14.1. The van der Waals surface area contributed by atoms with Crippen molar-refractivity contribution in [3.63, 3.8) is 0 Å². The minimum Gasteiger partial charge on any atom is -0.506 e. The lowest BCUT2D eigenvalue weighted by molar-refractivity contribution is -0.144. The number of phenolic OH excluding ortho intramolecular Hbond substituents is 1. The van der Waals surface area contributed by atoms with E-state index in [2.05, 4.69) is 55.8 Å². The maximum Gasteiger partial charge on any atom is 0.317 e. The zero-order chi connectivity index (χ0) is 47.4. The molecule has 1 unspecified atom stereocenters. The maximum absolute atomic E-state index is 14.0. The summed E-state index contributed by atoms with van der Waals surface area (Å²) in [7, 11) is 2.56. The lowest BCUT2D eigenvalue weighted by Crippen LogP contribution is -2.35. The number of hydrogen-bond donors (Lipinski definition) is 7. The first-order valence-corrected chi connectivity index (χ1v) is 23.1. The van der Waals surface area contributed by atoms with Crippen LogP contribution in [-0.2, 0) is 41.8 Å². The first kappa shape index (κ1) is 52.5. The highest BCUT2D eigenvalue weighted by Crippen LogP contribution is 2.38. The standard InChI is InChI=1S/C41H38I4N4O14S/c1-61-38-23(14-48(16-32(50)51)17-33(52)53)7-22(8-24(38)15-49(18-34(54)55)19-35(56)57)36(58)20-3-5-25(6-4-20)47-41(64)46-13-27(40(60)62-2)21-9-30(44)39(31(45)10-21)63-26-11-28(42)37(59)29(43)12-26/h3-12,27,59H,13-19H2,1-2H3,(H,50,51)(H,52,53)(H,54,55)(H,56,57)(H2,46,47,64). The SMILES string of the molecule is COC(=O)C(CNC(=S)Nc1ccc(C(=O)c2cc(CN(CC(=O)O)CC(=O)O)c(OC)c(CN(CC(=O)O)CC(=O)O)c2)cc1)c1cc(I)c(Oc2cc(I)c(O)c(I)c2)c(I)c1. The molecule has 0 bridgehead atoms. The number of nitrogens with one attached hydrogen (secondary N) is 2. The largest absolute Gasteiger partial charge is 0.506 e. The Bertz CT molecular complexity index is 2320. The van der Waals surface area contributed by atoms with E-state index in [-0.39, 0.29) is 58.5 Å². The van der Waals surface area contributed by atoms with Crippen LogP contribution in [-0.4, -0.2) is 123 Å². The number of nitrogens with zero attached hydrogens (tertiary/aromatic N) is 2. The molecule has 4 aromatic rings. The maximum atomic E-state index is 14.0. The van der Waals surface area contributed by atoms with Crippen molar-refractivity contribution in [1.82, 2.24) is 15.1 Å². The lowest BCUT2D eigenvalue weighted by Gasteiger charge is -2.24. The fraction of sp³-hybridized carbons (Fsp3) is 0.244. The fourth-order valence-corrected chi connectivity index (χ4v) is 10.2. The number of benzene rings is 4. The second-order valence-electron chi connectivity index (χ2n) is 13.7. The molecule has 0 aliphatic heterocycles. The number of halogens is 4. The van der Waals surface area contributed by atoms with Gasteiger partial charge in [-0.05, 0) is 169 Å². The predicted octanol–water partition coefficient (Wildman–Crippen LogP) is 6.03. The van der Waals surface area contributed by atoms with Crippen molar-refractivity contribution in [3.05, 3.63) is 103 Å². The van der Waals surface area contributed by atoms with Gasteiger partial charge in [-0.2, -0.15) is 0 Å². The van der Waals surface area contributed by atoms with Crippen molar-refractivity contribution in [2.45, 2.75) is 19.0 Å². The number of carbonyl (C=O) groups is 6. The van der Waals surface area contributed by atoms with Crippen LogP contribution in [0.4, 0.5) is 5.69 Å². The van der Waals surface area contributed by atoms with Crippen LogP contribution in [0, 0.1) is 14.3 Å². The van der Waals surface area contributed by atoms with Crippen molar-refractivity contribution in [2.75, 3.05) is 52.3 Å². The molecule has 0 aromatic heterocycles. The molecular weight excluding hydrogens is 1310 g/mol. The van der Waals surface area contributed by atoms with Gasteiger partial charge >= 0.3 is 29.8 Å². The number of carboxylic acid groups (broad SMARTS) is 4. The summed E-state index contributed by atoms with van der Waals surface area (Å²) in [5, 5.41) is 54.1. The van der Waals surface area contributed by atoms with E-state index in [1.807, 2.05) is 57.3 Å². The third-order valence-electron chi connectivity index (χ3n) is 8.92. The zero-order valence-electron chi connectivity index (χ0n) is 33.5. The van der Waals surface area contributed by atoms with E-state index in [0.717, 1.165) is 16.9 Å². The molecule has 4 aromatic carbocycles. The van der Waals surface area contributed by atoms with Crippen LogP contribution in [0.1, 0.15) is 38.5 Å². The smallest absolute Gasteiger partial charge is 0.317 e. The van der Waals surface area contributed by atoms with Gasteiger partial charge in [0.15, 0.2) is 16.6 Å². The van der Waals surface area contributed by atoms with Gasteiger partial charge in [-0.1, -0.05) is 0 Å². The van der Waals surface area contributed by atoms with Gasteiger partial charge in [0.25, 0.3) is 0 Å². The fourth-order valence-electron chi connectivity index (χ4n) is 6.28. The van der Waals surface area contributed by atoms with Gasteiger partial charge in [-0.25, -0.2) is 0 Å². The highest BCUT2D eigenvalue weighted by atomic mass is 127. The molecule has 64 heavy (non-hydrogen) atoms.